The molecule has 6 heteroatoms. The number of amides is 1. The summed E-state index contributed by atoms with van der Waals surface area (Å²) in [5, 5.41) is 11.5. The van der Waals surface area contributed by atoms with Gasteiger partial charge in [0.25, 0.3) is 0 Å². The van der Waals surface area contributed by atoms with E-state index < -0.39 is 5.91 Å². The monoisotopic (exact) mass is 472 g/mol. The number of carbonyl (C=O) groups excluding carboxylic acids is 2. The molecule has 0 saturated heterocycles. The molecule has 1 heterocycles. The number of halogens is 1. The van der Waals surface area contributed by atoms with E-state index in [0.29, 0.717) is 23.4 Å². The minimum Gasteiger partial charge on any atom is -0.294 e. The number of pyridine rings is 1. The van der Waals surface area contributed by atoms with Gasteiger partial charge in [0, 0.05) is 35.0 Å². The van der Waals surface area contributed by atoms with Crippen LogP contribution in [0.2, 0.25) is 5.02 Å². The van der Waals surface area contributed by atoms with Crippen molar-refractivity contribution in [2.24, 2.45) is 0 Å². The molecule has 0 radical (unpaired) electrons. The molecule has 172 valence electrons. The smallest absolute Gasteiger partial charge is 0.247 e. The number of aromatic nitrogens is 1. The number of ketones is 1. The zero-order chi connectivity index (χ0) is 23.9. The highest BCUT2D eigenvalue weighted by Gasteiger charge is 2.12. The van der Waals surface area contributed by atoms with Crippen molar-refractivity contribution < 1.29 is 14.8 Å². The van der Waals surface area contributed by atoms with Gasteiger partial charge in [0.15, 0.2) is 5.78 Å². The van der Waals surface area contributed by atoms with Crippen molar-refractivity contribution in [2.75, 3.05) is 0 Å². The lowest BCUT2D eigenvalue weighted by atomic mass is 9.98. The molecule has 2 N–H and O–H groups in total. The van der Waals surface area contributed by atoms with Gasteiger partial charge in [0.05, 0.1) is 12.1 Å². The average molecular weight is 473 g/mol. The van der Waals surface area contributed by atoms with Gasteiger partial charge in [-0.05, 0) is 47.1 Å². The molecule has 0 bridgehead atoms. The molecule has 0 aliphatic carbocycles. The van der Waals surface area contributed by atoms with Gasteiger partial charge in [-0.1, -0.05) is 72.3 Å². The second-order valence-corrected chi connectivity index (χ2v) is 8.70. The predicted octanol–water partition coefficient (Wildman–Crippen LogP) is 5.73. The molecule has 1 amide bonds. The molecule has 0 atom stereocenters. The van der Waals surface area contributed by atoms with Crippen molar-refractivity contribution in [3.63, 3.8) is 0 Å². The number of benzene rings is 3. The van der Waals surface area contributed by atoms with Crippen molar-refractivity contribution in [3.05, 3.63) is 112 Å². The van der Waals surface area contributed by atoms with Crippen molar-refractivity contribution >= 4 is 34.1 Å². The van der Waals surface area contributed by atoms with E-state index in [4.69, 9.17) is 16.8 Å². The zero-order valence-corrected chi connectivity index (χ0v) is 19.4. The van der Waals surface area contributed by atoms with Crippen molar-refractivity contribution in [3.8, 4) is 0 Å². The van der Waals surface area contributed by atoms with E-state index in [1.165, 1.54) is 5.56 Å². The van der Waals surface area contributed by atoms with Gasteiger partial charge in [-0.15, -0.1) is 0 Å². The molecule has 0 aliphatic rings. The largest absolute Gasteiger partial charge is 0.294 e. The maximum atomic E-state index is 12.6. The van der Waals surface area contributed by atoms with E-state index in [1.807, 2.05) is 72.8 Å². The topological polar surface area (TPSA) is 79.3 Å². The van der Waals surface area contributed by atoms with E-state index in [2.05, 4.69) is 4.98 Å². The molecule has 34 heavy (non-hydrogen) atoms. The summed E-state index contributed by atoms with van der Waals surface area (Å²) in [5.74, 6) is -0.344. The highest BCUT2D eigenvalue weighted by atomic mass is 35.5. The number of nitrogens with one attached hydrogen (secondary N) is 1. The lowest BCUT2D eigenvalue weighted by molar-refractivity contribution is -0.128. The molecule has 0 saturated carbocycles. The standard InChI is InChI=1S/C28H25ClN2O3/c29-23-14-10-19(11-15-23)4-3-7-27(32)21-12-8-20(9-13-21)16-26-25-6-2-1-5-24(25)22(18-30-26)17-28(33)31-34/h1-2,5-6,8-15,18,34H,3-4,7,16-17H2,(H,31,33). The van der Waals surface area contributed by atoms with E-state index in [-0.39, 0.29) is 12.2 Å². The molecule has 4 rings (SSSR count). The van der Waals surface area contributed by atoms with E-state index >= 15 is 0 Å². The first kappa shape index (κ1) is 23.6. The Hall–Kier alpha value is -3.54. The first-order valence-electron chi connectivity index (χ1n) is 11.2. The quantitative estimate of drug-likeness (QED) is 0.185. The molecular formula is C28H25ClN2O3. The summed E-state index contributed by atoms with van der Waals surface area (Å²) in [6.07, 6.45) is 4.48. The fourth-order valence-corrected chi connectivity index (χ4v) is 4.18. The van der Waals surface area contributed by atoms with Gasteiger partial charge in [-0.2, -0.15) is 0 Å². The third kappa shape index (κ3) is 5.87. The van der Waals surface area contributed by atoms with E-state index in [0.717, 1.165) is 40.4 Å². The van der Waals surface area contributed by atoms with E-state index in [1.54, 1.807) is 11.7 Å². The average Bonchev–Trinajstić information content (AvgIpc) is 2.87. The van der Waals surface area contributed by atoms with Gasteiger partial charge < -0.3 is 0 Å². The second kappa shape index (κ2) is 11.1. The van der Waals surface area contributed by atoms with Crippen LogP contribution in [0.1, 0.15) is 45.6 Å². The predicted molar refractivity (Wildman–Crippen MR) is 133 cm³/mol. The number of Topliss-reactive ketones (excluding diaryl/α,β-unsaturated/α-hetero) is 1. The number of hydroxylamine groups is 1. The number of nitrogens with zero attached hydrogens (tertiary/aromatic N) is 1. The van der Waals surface area contributed by atoms with Crippen LogP contribution in [-0.4, -0.2) is 21.9 Å². The molecule has 0 spiro atoms. The van der Waals surface area contributed by atoms with Crippen molar-refractivity contribution in [1.29, 1.82) is 0 Å². The zero-order valence-electron chi connectivity index (χ0n) is 18.6. The van der Waals surface area contributed by atoms with Crippen LogP contribution >= 0.6 is 11.6 Å². The summed E-state index contributed by atoms with van der Waals surface area (Å²) in [6.45, 7) is 0. The maximum Gasteiger partial charge on any atom is 0.247 e. The normalized spacial score (nSPS) is 10.9. The van der Waals surface area contributed by atoms with Crippen LogP contribution in [0, 0.1) is 0 Å². The summed E-state index contributed by atoms with van der Waals surface area (Å²) >= 11 is 5.92. The maximum absolute atomic E-state index is 12.6. The van der Waals surface area contributed by atoms with Crippen LogP contribution in [0.3, 0.4) is 0 Å². The van der Waals surface area contributed by atoms with Gasteiger partial charge in [0.1, 0.15) is 0 Å². The lowest BCUT2D eigenvalue weighted by Crippen LogP contribution is -2.21. The summed E-state index contributed by atoms with van der Waals surface area (Å²) in [6, 6.07) is 23.2. The molecule has 4 aromatic rings. The van der Waals surface area contributed by atoms with Crippen molar-refractivity contribution in [2.45, 2.75) is 32.1 Å². The third-order valence-corrected chi connectivity index (χ3v) is 6.12. The molecule has 5 nitrogen and oxygen atoms in total. The molecular weight excluding hydrogens is 448 g/mol. The Balaban J connectivity index is 1.41. The van der Waals surface area contributed by atoms with Crippen LogP contribution in [0.5, 0.6) is 0 Å². The highest BCUT2D eigenvalue weighted by Crippen LogP contribution is 2.24. The number of aryl methyl sites for hydroxylation is 1. The number of fused-ring (bicyclic) bond motifs is 1. The van der Waals surface area contributed by atoms with Crippen LogP contribution in [0.25, 0.3) is 10.8 Å². The van der Waals surface area contributed by atoms with Crippen LogP contribution in [0.15, 0.2) is 79.0 Å². The Bertz CT molecular complexity index is 1300. The van der Waals surface area contributed by atoms with E-state index in [9.17, 15) is 9.59 Å². The second-order valence-electron chi connectivity index (χ2n) is 8.26. The number of rotatable bonds is 9. The van der Waals surface area contributed by atoms with Crippen LogP contribution < -0.4 is 5.48 Å². The molecule has 1 aromatic heterocycles. The Morgan fingerprint density at radius 1 is 0.882 bits per heavy atom. The lowest BCUT2D eigenvalue weighted by Gasteiger charge is -2.10. The Morgan fingerprint density at radius 2 is 1.56 bits per heavy atom. The molecule has 0 aliphatic heterocycles. The minimum absolute atomic E-state index is 0.0547. The summed E-state index contributed by atoms with van der Waals surface area (Å²) < 4.78 is 0. The Labute approximate surface area is 203 Å². The van der Waals surface area contributed by atoms with Crippen molar-refractivity contribution in [1.82, 2.24) is 10.5 Å². The Kier molecular flexibility index (Phi) is 7.68. The Morgan fingerprint density at radius 3 is 2.26 bits per heavy atom. The number of carbonyl (C=O) groups is 2. The first-order chi connectivity index (χ1) is 16.5. The summed E-state index contributed by atoms with van der Waals surface area (Å²) in [7, 11) is 0. The highest BCUT2D eigenvalue weighted by molar-refractivity contribution is 6.30. The van der Waals surface area contributed by atoms with Crippen LogP contribution in [0.4, 0.5) is 0 Å². The third-order valence-electron chi connectivity index (χ3n) is 5.87. The van der Waals surface area contributed by atoms with Gasteiger partial charge in [-0.25, -0.2) is 5.48 Å². The number of hydrogen-bond donors (Lipinski definition) is 2. The SMILES string of the molecule is O=C(Cc1cnc(Cc2ccc(C(=O)CCCc3ccc(Cl)cc3)cc2)c2ccccc12)NO. The van der Waals surface area contributed by atoms with Gasteiger partial charge >= 0.3 is 0 Å². The molecule has 0 unspecified atom stereocenters. The molecule has 3 aromatic carbocycles. The fourth-order valence-electron chi connectivity index (χ4n) is 4.05. The number of hydrogen-bond acceptors (Lipinski definition) is 4. The van der Waals surface area contributed by atoms with Crippen LogP contribution in [-0.2, 0) is 24.1 Å². The molecule has 0 fully saturated rings. The fraction of sp³-hybridized carbons (Fsp3) is 0.179. The summed E-state index contributed by atoms with van der Waals surface area (Å²) in [5.41, 5.74) is 6.26. The van der Waals surface area contributed by atoms with Gasteiger partial charge in [-0.3, -0.25) is 19.8 Å². The summed E-state index contributed by atoms with van der Waals surface area (Å²) in [4.78, 5) is 28.8. The first-order valence-corrected chi connectivity index (χ1v) is 11.6. The minimum atomic E-state index is -0.479. The van der Waals surface area contributed by atoms with Gasteiger partial charge in [0.2, 0.25) is 5.91 Å².